The second-order valence-corrected chi connectivity index (χ2v) is 7.81. The Balaban J connectivity index is 1.82. The molecule has 0 radical (unpaired) electrons. The number of nitrogens with one attached hydrogen (secondary N) is 1. The Labute approximate surface area is 197 Å². The maximum absolute atomic E-state index is 13.5. The van der Waals surface area contributed by atoms with Crippen LogP contribution in [-0.2, 0) is 13.1 Å². The van der Waals surface area contributed by atoms with Gasteiger partial charge in [-0.25, -0.2) is 9.18 Å². The molecular weight excluding hydrogens is 393 g/mol. The van der Waals surface area contributed by atoms with Crippen LogP contribution >= 0.6 is 0 Å². The van der Waals surface area contributed by atoms with E-state index in [9.17, 15) is 9.18 Å². The lowest BCUT2D eigenvalue weighted by Crippen LogP contribution is -2.49. The molecule has 1 saturated heterocycles. The maximum Gasteiger partial charge on any atom is 0.318 e. The summed E-state index contributed by atoms with van der Waals surface area (Å²) in [5, 5.41) is 2.66. The van der Waals surface area contributed by atoms with Crippen molar-refractivity contribution >= 4 is 6.03 Å². The van der Waals surface area contributed by atoms with E-state index >= 15 is 0 Å². The van der Waals surface area contributed by atoms with Crippen LogP contribution < -0.4 is 10.1 Å². The zero-order chi connectivity index (χ0) is 30.0. The van der Waals surface area contributed by atoms with Crippen LogP contribution in [-0.4, -0.2) is 48.5 Å². The Bertz CT molecular complexity index is 1170. The Kier molecular flexibility index (Phi) is 4.94. The fourth-order valence-corrected chi connectivity index (χ4v) is 3.24. The van der Waals surface area contributed by atoms with Gasteiger partial charge in [-0.05, 0) is 74.2 Å². The van der Waals surface area contributed by atoms with Crippen LogP contribution in [0.3, 0.4) is 0 Å². The van der Waals surface area contributed by atoms with Crippen LogP contribution in [0.15, 0.2) is 48.4 Å². The average Bonchev–Trinajstić information content (AvgIpc) is 2.89. The van der Waals surface area contributed by atoms with Crippen molar-refractivity contribution in [1.29, 1.82) is 0 Å². The number of nitrogens with zero attached hydrogens (tertiary/aromatic N) is 2. The number of piperidine rings is 1. The lowest BCUT2D eigenvalue weighted by atomic mass is 10.0. The normalized spacial score (nSPS) is 20.2. The molecule has 0 aromatic heterocycles. The van der Waals surface area contributed by atoms with E-state index in [-0.39, 0.29) is 37.8 Å². The summed E-state index contributed by atoms with van der Waals surface area (Å²) < 4.78 is 90.8. The number of likely N-dealkylation sites (tertiary alicyclic amines) is 1. The van der Waals surface area contributed by atoms with Gasteiger partial charge in [-0.2, -0.15) is 0 Å². The van der Waals surface area contributed by atoms with E-state index in [1.807, 2.05) is 0 Å². The standard InChI is InChI=1S/C25H34FN3O2/c1-19(2)18-31-24-10-6-20(7-11-24)16-27-25(30)29(23-12-14-28(3)15-13-23)17-21-4-8-22(26)9-5-21/h4-11,19,23H,12-18H2,1-3H3,(H,27,30)/i3D3,6D,7D,10D,11D,18D2. The number of ether oxygens (including phenoxy) is 1. The van der Waals surface area contributed by atoms with Crippen molar-refractivity contribution < 1.29 is 26.3 Å². The monoisotopic (exact) mass is 436 g/mol. The molecule has 31 heavy (non-hydrogen) atoms. The van der Waals surface area contributed by atoms with Gasteiger partial charge in [-0.3, -0.25) is 0 Å². The summed E-state index contributed by atoms with van der Waals surface area (Å²) in [6.07, 6.45) is 0.774. The first-order valence-electron chi connectivity index (χ1n) is 14.8. The predicted molar refractivity (Wildman–Crippen MR) is 121 cm³/mol. The number of benzene rings is 2. The number of carbonyl (C=O) groups is 1. The zero-order valence-electron chi connectivity index (χ0n) is 26.8. The van der Waals surface area contributed by atoms with Gasteiger partial charge in [0.25, 0.3) is 0 Å². The molecule has 3 rings (SSSR count). The highest BCUT2D eigenvalue weighted by Gasteiger charge is 2.27. The first-order valence-corrected chi connectivity index (χ1v) is 10.3. The van der Waals surface area contributed by atoms with E-state index in [0.29, 0.717) is 18.4 Å². The maximum atomic E-state index is 13.5. The summed E-state index contributed by atoms with van der Waals surface area (Å²) in [5.74, 6) is -1.56. The second kappa shape index (κ2) is 11.1. The first kappa shape index (κ1) is 13.7. The minimum Gasteiger partial charge on any atom is -0.493 e. The molecule has 0 saturated carbocycles. The second-order valence-electron chi connectivity index (χ2n) is 7.81. The molecule has 0 bridgehead atoms. The van der Waals surface area contributed by atoms with E-state index in [4.69, 9.17) is 17.1 Å². The Morgan fingerprint density at radius 1 is 1.26 bits per heavy atom. The van der Waals surface area contributed by atoms with Gasteiger partial charge in [-0.15, -0.1) is 0 Å². The molecule has 1 fully saturated rings. The largest absolute Gasteiger partial charge is 0.493 e. The van der Waals surface area contributed by atoms with Crippen LogP contribution in [0.25, 0.3) is 0 Å². The SMILES string of the molecule is [2H]c1c([2H])c(OC([2H])([2H])C(C)C)c([2H])c([2H])c1CNC(=O)N(Cc1ccc(F)cc1)C1CCN(C([2H])([2H])[2H])CC1. The van der Waals surface area contributed by atoms with Gasteiger partial charge in [0.05, 0.1) is 14.8 Å². The molecule has 0 spiro atoms. The number of carbonyl (C=O) groups excluding carboxylic acids is 1. The number of hydrogen-bond donors (Lipinski definition) is 1. The molecule has 2 aromatic rings. The van der Waals surface area contributed by atoms with E-state index in [2.05, 4.69) is 5.32 Å². The lowest BCUT2D eigenvalue weighted by Gasteiger charge is -2.37. The van der Waals surface area contributed by atoms with Gasteiger partial charge in [0.15, 0.2) is 0 Å². The highest BCUT2D eigenvalue weighted by molar-refractivity contribution is 5.74. The minimum atomic E-state index is -2.24. The fraction of sp³-hybridized carbons (Fsp3) is 0.480. The lowest BCUT2D eigenvalue weighted by molar-refractivity contribution is 0.127. The molecule has 0 unspecified atom stereocenters. The predicted octanol–water partition coefficient (Wildman–Crippen LogP) is 4.67. The van der Waals surface area contributed by atoms with Gasteiger partial charge in [0.1, 0.15) is 11.6 Å². The minimum absolute atomic E-state index is 0.0974. The van der Waals surface area contributed by atoms with Crippen molar-refractivity contribution in [2.45, 2.75) is 45.8 Å². The van der Waals surface area contributed by atoms with Crippen molar-refractivity contribution in [2.75, 3.05) is 26.6 Å². The molecule has 1 aliphatic heterocycles. The summed E-state index contributed by atoms with van der Waals surface area (Å²) in [5.41, 5.74) is 0.555. The molecule has 1 heterocycles. The van der Waals surface area contributed by atoms with Gasteiger partial charge in [-0.1, -0.05) is 38.1 Å². The molecule has 2 aromatic carbocycles. The number of halogens is 1. The molecule has 0 atom stereocenters. The fourth-order valence-electron chi connectivity index (χ4n) is 3.24. The summed E-state index contributed by atoms with van der Waals surface area (Å²) in [7, 11) is 0. The third-order valence-corrected chi connectivity index (χ3v) is 4.90. The molecule has 1 N–H and O–H groups in total. The van der Waals surface area contributed by atoms with Crippen LogP contribution in [0, 0.1) is 11.7 Å². The van der Waals surface area contributed by atoms with Crippen molar-refractivity contribution in [3.8, 4) is 5.75 Å². The zero-order valence-corrected chi connectivity index (χ0v) is 17.8. The topological polar surface area (TPSA) is 44.8 Å². The highest BCUT2D eigenvalue weighted by atomic mass is 19.1. The van der Waals surface area contributed by atoms with Gasteiger partial charge >= 0.3 is 6.03 Å². The quantitative estimate of drug-likeness (QED) is 0.654. The van der Waals surface area contributed by atoms with Crippen molar-refractivity contribution in [3.63, 3.8) is 0 Å². The summed E-state index contributed by atoms with van der Waals surface area (Å²) >= 11 is 0. The van der Waals surface area contributed by atoms with Crippen molar-refractivity contribution in [3.05, 3.63) is 65.4 Å². The van der Waals surface area contributed by atoms with E-state index in [1.165, 1.54) is 21.9 Å². The first-order chi connectivity index (χ1) is 18.5. The molecule has 0 aliphatic carbocycles. The van der Waals surface area contributed by atoms with Gasteiger partial charge in [0.2, 0.25) is 0 Å². The smallest absolute Gasteiger partial charge is 0.318 e. The molecular formula is C25H34FN3O2. The van der Waals surface area contributed by atoms with Crippen LogP contribution in [0.4, 0.5) is 9.18 Å². The van der Waals surface area contributed by atoms with Crippen LogP contribution in [0.1, 0.15) is 50.2 Å². The summed E-state index contributed by atoms with van der Waals surface area (Å²) in [6, 6.07) is 2.70. The van der Waals surface area contributed by atoms with Crippen LogP contribution in [0.2, 0.25) is 0 Å². The van der Waals surface area contributed by atoms with E-state index in [1.54, 1.807) is 26.0 Å². The van der Waals surface area contributed by atoms with Crippen molar-refractivity contribution in [2.24, 2.45) is 5.92 Å². The number of amides is 2. The van der Waals surface area contributed by atoms with Gasteiger partial charge < -0.3 is 19.9 Å². The Hall–Kier alpha value is -2.60. The van der Waals surface area contributed by atoms with E-state index in [0.717, 1.165) is 0 Å². The molecule has 5 nitrogen and oxygen atoms in total. The molecule has 6 heteroatoms. The average molecular weight is 437 g/mol. The molecule has 2 amide bonds. The molecule has 168 valence electrons. The summed E-state index contributed by atoms with van der Waals surface area (Å²) in [4.78, 5) is 16.3. The Morgan fingerprint density at radius 3 is 2.55 bits per heavy atom. The number of urea groups is 1. The number of rotatable bonds is 8. The summed E-state index contributed by atoms with van der Waals surface area (Å²) in [6.45, 7) is -1.09. The highest BCUT2D eigenvalue weighted by Crippen LogP contribution is 2.19. The van der Waals surface area contributed by atoms with Crippen LogP contribution in [0.5, 0.6) is 5.75 Å². The van der Waals surface area contributed by atoms with Crippen molar-refractivity contribution in [1.82, 2.24) is 15.1 Å². The Morgan fingerprint density at radius 2 is 1.94 bits per heavy atom. The third-order valence-electron chi connectivity index (χ3n) is 4.90. The number of hydrogen-bond acceptors (Lipinski definition) is 3. The molecule has 1 aliphatic rings. The van der Waals surface area contributed by atoms with E-state index < -0.39 is 61.2 Å². The third kappa shape index (κ3) is 7.24. The van der Waals surface area contributed by atoms with Gasteiger partial charge in [0, 0.05) is 23.2 Å².